The van der Waals surface area contributed by atoms with E-state index in [0.717, 1.165) is 28.3 Å². The molecule has 3 rings (SSSR count). The number of carbonyl (C=O) groups excluding carboxylic acids is 1. The number of Topliss-reactive ketones (excluding diaryl/α,β-unsaturated/α-hetero) is 1. The maximum absolute atomic E-state index is 13.0. The third-order valence-electron chi connectivity index (χ3n) is 3.88. The van der Waals surface area contributed by atoms with Gasteiger partial charge in [0.1, 0.15) is 0 Å². The number of pyridine rings is 1. The zero-order chi connectivity index (χ0) is 14.7. The highest BCUT2D eigenvalue weighted by molar-refractivity contribution is 6.10. The van der Waals surface area contributed by atoms with Crippen LogP contribution in [-0.2, 0) is 0 Å². The van der Waals surface area contributed by atoms with Crippen LogP contribution in [0.25, 0.3) is 10.8 Å². The molecule has 0 radical (unpaired) electrons. The molecule has 21 heavy (non-hydrogen) atoms. The molecule has 2 aromatic carbocycles. The molecule has 104 valence electrons. The van der Waals surface area contributed by atoms with Crippen LogP contribution in [0.3, 0.4) is 0 Å². The first kappa shape index (κ1) is 13.5. The molecule has 1 unspecified atom stereocenters. The van der Waals surface area contributed by atoms with Crippen molar-refractivity contribution in [1.82, 2.24) is 4.98 Å². The van der Waals surface area contributed by atoms with Gasteiger partial charge in [0.25, 0.3) is 0 Å². The molecular weight excluding hydrogens is 258 g/mol. The van der Waals surface area contributed by atoms with Crippen molar-refractivity contribution in [2.75, 3.05) is 0 Å². The fourth-order valence-electron chi connectivity index (χ4n) is 2.77. The summed E-state index contributed by atoms with van der Waals surface area (Å²) in [5.74, 6) is 0.0688. The largest absolute Gasteiger partial charge is 0.293 e. The van der Waals surface area contributed by atoms with E-state index in [2.05, 4.69) is 11.9 Å². The minimum absolute atomic E-state index is 0.1000. The molecule has 2 nitrogen and oxygen atoms in total. The van der Waals surface area contributed by atoms with Crippen LogP contribution in [0.5, 0.6) is 0 Å². The van der Waals surface area contributed by atoms with Crippen molar-refractivity contribution in [3.8, 4) is 0 Å². The van der Waals surface area contributed by atoms with Crippen LogP contribution in [0.2, 0.25) is 0 Å². The standard InChI is InChI=1S/C19H17NO/c1-2-16(14-7-4-3-5-8-14)19(21)17-10-6-9-15-11-12-20-13-18(15)17/h3-13,16H,2H2,1H3. The van der Waals surface area contributed by atoms with Crippen molar-refractivity contribution in [1.29, 1.82) is 0 Å². The van der Waals surface area contributed by atoms with Crippen molar-refractivity contribution in [2.24, 2.45) is 0 Å². The highest BCUT2D eigenvalue weighted by Gasteiger charge is 2.21. The van der Waals surface area contributed by atoms with Gasteiger partial charge in [-0.1, -0.05) is 55.5 Å². The van der Waals surface area contributed by atoms with E-state index >= 15 is 0 Å². The van der Waals surface area contributed by atoms with Crippen LogP contribution >= 0.6 is 0 Å². The molecular formula is C19H17NO. The Balaban J connectivity index is 2.07. The molecule has 1 aromatic heterocycles. The molecule has 0 aliphatic carbocycles. The highest BCUT2D eigenvalue weighted by atomic mass is 16.1. The molecule has 2 heteroatoms. The van der Waals surface area contributed by atoms with Crippen LogP contribution in [-0.4, -0.2) is 10.8 Å². The molecule has 0 amide bonds. The van der Waals surface area contributed by atoms with Gasteiger partial charge >= 0.3 is 0 Å². The Morgan fingerprint density at radius 1 is 1.05 bits per heavy atom. The average Bonchev–Trinajstić information content (AvgIpc) is 2.56. The SMILES string of the molecule is CCC(C(=O)c1cccc2ccncc12)c1ccccc1. The maximum Gasteiger partial charge on any atom is 0.170 e. The van der Waals surface area contributed by atoms with Gasteiger partial charge in [0.2, 0.25) is 0 Å². The van der Waals surface area contributed by atoms with E-state index in [1.54, 1.807) is 12.4 Å². The van der Waals surface area contributed by atoms with Crippen molar-refractivity contribution >= 4 is 16.6 Å². The van der Waals surface area contributed by atoms with Gasteiger partial charge < -0.3 is 0 Å². The number of rotatable bonds is 4. The smallest absolute Gasteiger partial charge is 0.170 e. The first-order valence-electron chi connectivity index (χ1n) is 7.23. The van der Waals surface area contributed by atoms with E-state index < -0.39 is 0 Å². The van der Waals surface area contributed by atoms with Crippen molar-refractivity contribution in [2.45, 2.75) is 19.3 Å². The molecule has 1 heterocycles. The van der Waals surface area contributed by atoms with E-state index in [1.807, 2.05) is 54.6 Å². The van der Waals surface area contributed by atoms with Crippen molar-refractivity contribution < 1.29 is 4.79 Å². The topological polar surface area (TPSA) is 30.0 Å². The van der Waals surface area contributed by atoms with Gasteiger partial charge in [0.05, 0.1) is 0 Å². The maximum atomic E-state index is 13.0. The Hall–Kier alpha value is -2.48. The van der Waals surface area contributed by atoms with Crippen molar-refractivity contribution in [3.05, 3.63) is 78.1 Å². The third kappa shape index (κ3) is 2.57. The lowest BCUT2D eigenvalue weighted by atomic mass is 9.87. The van der Waals surface area contributed by atoms with Gasteiger partial charge in [-0.05, 0) is 23.4 Å². The van der Waals surface area contributed by atoms with E-state index in [4.69, 9.17) is 0 Å². The molecule has 0 aliphatic heterocycles. The van der Waals surface area contributed by atoms with Gasteiger partial charge in [0.15, 0.2) is 5.78 Å². The van der Waals surface area contributed by atoms with Gasteiger partial charge in [-0.2, -0.15) is 0 Å². The first-order chi connectivity index (χ1) is 10.3. The van der Waals surface area contributed by atoms with Crippen molar-refractivity contribution in [3.63, 3.8) is 0 Å². The summed E-state index contributed by atoms with van der Waals surface area (Å²) in [6.07, 6.45) is 4.32. The zero-order valence-corrected chi connectivity index (χ0v) is 12.0. The van der Waals surface area contributed by atoms with E-state index in [1.165, 1.54) is 0 Å². The van der Waals surface area contributed by atoms with Crippen LogP contribution in [0.4, 0.5) is 0 Å². The van der Waals surface area contributed by atoms with E-state index in [-0.39, 0.29) is 11.7 Å². The lowest BCUT2D eigenvalue weighted by Crippen LogP contribution is -2.12. The molecule has 0 saturated carbocycles. The quantitative estimate of drug-likeness (QED) is 0.651. The van der Waals surface area contributed by atoms with E-state index in [0.29, 0.717) is 0 Å². The number of fused-ring (bicyclic) bond motifs is 1. The Bertz CT molecular complexity index is 759. The lowest BCUT2D eigenvalue weighted by molar-refractivity contribution is 0.0959. The molecule has 0 saturated heterocycles. The second-order valence-electron chi connectivity index (χ2n) is 5.14. The normalized spacial score (nSPS) is 12.2. The van der Waals surface area contributed by atoms with Crippen LogP contribution in [0.15, 0.2) is 67.0 Å². The fraction of sp³-hybridized carbons (Fsp3) is 0.158. The van der Waals surface area contributed by atoms with Gasteiger partial charge in [-0.3, -0.25) is 9.78 Å². The monoisotopic (exact) mass is 275 g/mol. The minimum atomic E-state index is -0.1000. The summed E-state index contributed by atoms with van der Waals surface area (Å²) < 4.78 is 0. The molecule has 0 N–H and O–H groups in total. The fourth-order valence-corrected chi connectivity index (χ4v) is 2.77. The summed E-state index contributed by atoms with van der Waals surface area (Å²) in [4.78, 5) is 17.1. The highest BCUT2D eigenvalue weighted by Crippen LogP contribution is 2.27. The second kappa shape index (κ2) is 5.88. The van der Waals surface area contributed by atoms with Crippen LogP contribution in [0.1, 0.15) is 35.2 Å². The molecule has 1 atom stereocenters. The number of carbonyl (C=O) groups is 1. The molecule has 3 aromatic rings. The van der Waals surface area contributed by atoms with Gasteiger partial charge in [-0.15, -0.1) is 0 Å². The molecule has 0 aliphatic rings. The lowest BCUT2D eigenvalue weighted by Gasteiger charge is -2.15. The predicted octanol–water partition coefficient (Wildman–Crippen LogP) is 4.61. The molecule has 0 spiro atoms. The Labute approximate surface area is 124 Å². The number of ketones is 1. The average molecular weight is 275 g/mol. The van der Waals surface area contributed by atoms with Gasteiger partial charge in [0, 0.05) is 29.3 Å². The van der Waals surface area contributed by atoms with Crippen LogP contribution < -0.4 is 0 Å². The summed E-state index contributed by atoms with van der Waals surface area (Å²) in [7, 11) is 0. The summed E-state index contributed by atoms with van der Waals surface area (Å²) in [6, 6.07) is 17.8. The summed E-state index contributed by atoms with van der Waals surface area (Å²) in [6.45, 7) is 2.05. The number of hydrogen-bond acceptors (Lipinski definition) is 2. The van der Waals surface area contributed by atoms with E-state index in [9.17, 15) is 4.79 Å². The number of aromatic nitrogens is 1. The zero-order valence-electron chi connectivity index (χ0n) is 12.0. The summed E-state index contributed by atoms with van der Waals surface area (Å²) in [5.41, 5.74) is 1.84. The summed E-state index contributed by atoms with van der Waals surface area (Å²) in [5, 5.41) is 1.98. The molecule has 0 fully saturated rings. The number of benzene rings is 2. The molecule has 0 bridgehead atoms. The Kier molecular flexibility index (Phi) is 3.78. The van der Waals surface area contributed by atoms with Gasteiger partial charge in [-0.25, -0.2) is 0 Å². The first-order valence-corrected chi connectivity index (χ1v) is 7.23. The third-order valence-corrected chi connectivity index (χ3v) is 3.88. The second-order valence-corrected chi connectivity index (χ2v) is 5.14. The van der Waals surface area contributed by atoms with Crippen LogP contribution in [0, 0.1) is 0 Å². The Morgan fingerprint density at radius 3 is 2.62 bits per heavy atom. The Morgan fingerprint density at radius 2 is 1.86 bits per heavy atom. The number of nitrogens with zero attached hydrogens (tertiary/aromatic N) is 1. The number of hydrogen-bond donors (Lipinski definition) is 0. The minimum Gasteiger partial charge on any atom is -0.293 e. The predicted molar refractivity (Wildman–Crippen MR) is 85.5 cm³/mol. The summed E-state index contributed by atoms with van der Waals surface area (Å²) >= 11 is 0.